The summed E-state index contributed by atoms with van der Waals surface area (Å²) >= 11 is 0. The third kappa shape index (κ3) is 4.77. The van der Waals surface area contributed by atoms with Crippen LogP contribution in [0, 0.1) is 12.3 Å². The molecule has 1 saturated heterocycles. The van der Waals surface area contributed by atoms with Crippen LogP contribution in [0.15, 0.2) is 18.2 Å². The van der Waals surface area contributed by atoms with E-state index in [1.807, 2.05) is 39.8 Å². The summed E-state index contributed by atoms with van der Waals surface area (Å²) in [5.74, 6) is -0.252. The second-order valence-corrected chi connectivity index (χ2v) is 6.79. The van der Waals surface area contributed by atoms with E-state index in [0.717, 1.165) is 12.1 Å². The van der Waals surface area contributed by atoms with Gasteiger partial charge in [-0.05, 0) is 24.6 Å². The Balaban J connectivity index is 2.07. The first-order chi connectivity index (χ1) is 10.8. The molecule has 1 aliphatic rings. The summed E-state index contributed by atoms with van der Waals surface area (Å²) in [6.45, 7) is 9.28. The summed E-state index contributed by atoms with van der Waals surface area (Å²) in [7, 11) is 0. The first kappa shape index (κ1) is 17.4. The van der Waals surface area contributed by atoms with Crippen molar-refractivity contribution in [2.75, 3.05) is 30.3 Å². The summed E-state index contributed by atoms with van der Waals surface area (Å²) in [5.41, 5.74) is 1.80. The van der Waals surface area contributed by atoms with Crippen LogP contribution >= 0.6 is 0 Å². The van der Waals surface area contributed by atoms with Gasteiger partial charge in [-0.2, -0.15) is 0 Å². The fourth-order valence-electron chi connectivity index (χ4n) is 2.10. The Morgan fingerprint density at radius 3 is 2.61 bits per heavy atom. The van der Waals surface area contributed by atoms with E-state index in [9.17, 15) is 9.59 Å². The maximum absolute atomic E-state index is 12.2. The van der Waals surface area contributed by atoms with E-state index in [1.54, 1.807) is 6.07 Å². The quantitative estimate of drug-likeness (QED) is 0.795. The molecule has 1 aromatic rings. The fourth-order valence-corrected chi connectivity index (χ4v) is 2.10. The van der Waals surface area contributed by atoms with E-state index in [2.05, 4.69) is 16.0 Å². The molecule has 0 aliphatic carbocycles. The number of benzene rings is 1. The van der Waals surface area contributed by atoms with Gasteiger partial charge in [-0.1, -0.05) is 26.8 Å². The van der Waals surface area contributed by atoms with Gasteiger partial charge in [-0.15, -0.1) is 0 Å². The number of anilines is 2. The normalized spacial score (nSPS) is 18.3. The Kier molecular flexibility index (Phi) is 5.38. The Morgan fingerprint density at radius 1 is 1.26 bits per heavy atom. The average molecular weight is 319 g/mol. The Morgan fingerprint density at radius 2 is 2.00 bits per heavy atom. The molecule has 2 rings (SSSR count). The summed E-state index contributed by atoms with van der Waals surface area (Å²) < 4.78 is 5.43. The molecular weight excluding hydrogens is 294 g/mol. The zero-order valence-electron chi connectivity index (χ0n) is 14.2. The number of rotatable bonds is 3. The SMILES string of the molecule is Cc1ccc(NC(=O)C2CNCCO2)cc1NC(=O)C(C)(C)C. The molecule has 6 nitrogen and oxygen atoms in total. The van der Waals surface area contributed by atoms with Crippen LogP contribution < -0.4 is 16.0 Å². The van der Waals surface area contributed by atoms with Gasteiger partial charge in [0.05, 0.1) is 6.61 Å². The molecule has 1 atom stereocenters. The Hall–Kier alpha value is -1.92. The molecule has 126 valence electrons. The lowest BCUT2D eigenvalue weighted by Gasteiger charge is -2.23. The maximum Gasteiger partial charge on any atom is 0.254 e. The first-order valence-corrected chi connectivity index (χ1v) is 7.82. The van der Waals surface area contributed by atoms with Crippen LogP contribution in [0.5, 0.6) is 0 Å². The molecule has 1 aliphatic heterocycles. The molecule has 1 unspecified atom stereocenters. The minimum absolute atomic E-state index is 0.0658. The lowest BCUT2D eigenvalue weighted by Crippen LogP contribution is -2.45. The van der Waals surface area contributed by atoms with Crippen LogP contribution in [0.4, 0.5) is 11.4 Å². The minimum atomic E-state index is -0.488. The molecule has 3 N–H and O–H groups in total. The van der Waals surface area contributed by atoms with Crippen molar-refractivity contribution in [2.24, 2.45) is 5.41 Å². The van der Waals surface area contributed by atoms with E-state index in [4.69, 9.17) is 4.74 Å². The van der Waals surface area contributed by atoms with Crippen molar-refractivity contribution < 1.29 is 14.3 Å². The molecular formula is C17H25N3O3. The van der Waals surface area contributed by atoms with Crippen LogP contribution in [-0.2, 0) is 14.3 Å². The van der Waals surface area contributed by atoms with Gasteiger partial charge in [0.1, 0.15) is 6.10 Å². The molecule has 1 fully saturated rings. The van der Waals surface area contributed by atoms with Crippen molar-refractivity contribution in [2.45, 2.75) is 33.8 Å². The van der Waals surface area contributed by atoms with Crippen molar-refractivity contribution in [3.63, 3.8) is 0 Å². The minimum Gasteiger partial charge on any atom is -0.366 e. The fraction of sp³-hybridized carbons (Fsp3) is 0.529. The number of nitrogens with one attached hydrogen (secondary N) is 3. The molecule has 0 radical (unpaired) electrons. The smallest absolute Gasteiger partial charge is 0.254 e. The van der Waals surface area contributed by atoms with Crippen molar-refractivity contribution >= 4 is 23.2 Å². The molecule has 2 amide bonds. The van der Waals surface area contributed by atoms with Gasteiger partial charge in [0.15, 0.2) is 0 Å². The van der Waals surface area contributed by atoms with Gasteiger partial charge >= 0.3 is 0 Å². The van der Waals surface area contributed by atoms with Gasteiger partial charge in [-0.25, -0.2) is 0 Å². The van der Waals surface area contributed by atoms with Gasteiger partial charge < -0.3 is 20.7 Å². The molecule has 0 bridgehead atoms. The van der Waals surface area contributed by atoms with Gasteiger partial charge in [0, 0.05) is 29.9 Å². The molecule has 1 heterocycles. The summed E-state index contributed by atoms with van der Waals surface area (Å²) in [6.07, 6.45) is -0.488. The van der Waals surface area contributed by atoms with E-state index < -0.39 is 11.5 Å². The van der Waals surface area contributed by atoms with Gasteiger partial charge in [-0.3, -0.25) is 9.59 Å². The highest BCUT2D eigenvalue weighted by Crippen LogP contribution is 2.23. The number of morpholine rings is 1. The van der Waals surface area contributed by atoms with Crippen LogP contribution in [0.1, 0.15) is 26.3 Å². The number of hydrogen-bond donors (Lipinski definition) is 3. The first-order valence-electron chi connectivity index (χ1n) is 7.82. The summed E-state index contributed by atoms with van der Waals surface area (Å²) in [6, 6.07) is 5.46. The third-order valence-electron chi connectivity index (χ3n) is 3.65. The molecule has 0 saturated carbocycles. The molecule has 6 heteroatoms. The standard InChI is InChI=1S/C17H25N3O3/c1-11-5-6-12(9-13(11)20-16(22)17(2,3)4)19-15(21)14-10-18-7-8-23-14/h5-6,9,14,18H,7-8,10H2,1-4H3,(H,19,21)(H,20,22). The number of aryl methyl sites for hydroxylation is 1. The molecule has 0 aromatic heterocycles. The molecule has 1 aromatic carbocycles. The number of ether oxygens (including phenoxy) is 1. The molecule has 23 heavy (non-hydrogen) atoms. The average Bonchev–Trinajstić information content (AvgIpc) is 2.50. The van der Waals surface area contributed by atoms with Crippen molar-refractivity contribution in [1.29, 1.82) is 0 Å². The van der Waals surface area contributed by atoms with Crippen LogP contribution in [0.2, 0.25) is 0 Å². The van der Waals surface area contributed by atoms with Crippen molar-refractivity contribution in [3.05, 3.63) is 23.8 Å². The van der Waals surface area contributed by atoms with E-state index in [1.165, 1.54) is 0 Å². The van der Waals surface area contributed by atoms with Gasteiger partial charge in [0.2, 0.25) is 5.91 Å². The second kappa shape index (κ2) is 7.10. The highest BCUT2D eigenvalue weighted by molar-refractivity contribution is 5.98. The van der Waals surface area contributed by atoms with Crippen LogP contribution in [0.3, 0.4) is 0 Å². The Bertz CT molecular complexity index is 587. The van der Waals surface area contributed by atoms with Crippen molar-refractivity contribution in [1.82, 2.24) is 5.32 Å². The lowest BCUT2D eigenvalue weighted by atomic mass is 9.95. The lowest BCUT2D eigenvalue weighted by molar-refractivity contribution is -0.128. The maximum atomic E-state index is 12.2. The zero-order chi connectivity index (χ0) is 17.0. The van der Waals surface area contributed by atoms with Crippen molar-refractivity contribution in [3.8, 4) is 0 Å². The van der Waals surface area contributed by atoms with Crippen LogP contribution in [0.25, 0.3) is 0 Å². The van der Waals surface area contributed by atoms with E-state index in [0.29, 0.717) is 24.5 Å². The predicted octanol–water partition coefficient (Wildman–Crippen LogP) is 1.91. The Labute approximate surface area is 137 Å². The molecule has 0 spiro atoms. The summed E-state index contributed by atoms with van der Waals surface area (Å²) in [4.78, 5) is 24.3. The summed E-state index contributed by atoms with van der Waals surface area (Å²) in [5, 5.41) is 8.87. The number of carbonyl (C=O) groups excluding carboxylic acids is 2. The van der Waals surface area contributed by atoms with E-state index in [-0.39, 0.29) is 11.8 Å². The zero-order valence-corrected chi connectivity index (χ0v) is 14.2. The number of carbonyl (C=O) groups is 2. The van der Waals surface area contributed by atoms with E-state index >= 15 is 0 Å². The number of hydrogen-bond acceptors (Lipinski definition) is 4. The number of amides is 2. The predicted molar refractivity (Wildman–Crippen MR) is 90.5 cm³/mol. The monoisotopic (exact) mass is 319 g/mol. The largest absolute Gasteiger partial charge is 0.366 e. The highest BCUT2D eigenvalue weighted by Gasteiger charge is 2.23. The van der Waals surface area contributed by atoms with Gasteiger partial charge in [0.25, 0.3) is 5.91 Å². The third-order valence-corrected chi connectivity index (χ3v) is 3.65. The second-order valence-electron chi connectivity index (χ2n) is 6.79. The highest BCUT2D eigenvalue weighted by atomic mass is 16.5. The van der Waals surface area contributed by atoms with Crippen LogP contribution in [-0.4, -0.2) is 37.6 Å². The topological polar surface area (TPSA) is 79.5 Å².